The molecule has 1 fully saturated rings. The first-order valence-electron chi connectivity index (χ1n) is 12.6. The van der Waals surface area contributed by atoms with Gasteiger partial charge in [-0.15, -0.1) is 0 Å². The third-order valence-corrected chi connectivity index (χ3v) is 6.51. The van der Waals surface area contributed by atoms with E-state index < -0.39 is 24.0 Å². The summed E-state index contributed by atoms with van der Waals surface area (Å²) in [6, 6.07) is 9.23. The Morgan fingerprint density at radius 3 is 2.61 bits per heavy atom. The molecule has 3 atom stereocenters. The van der Waals surface area contributed by atoms with Gasteiger partial charge >= 0.3 is 5.97 Å². The van der Waals surface area contributed by atoms with Gasteiger partial charge in [-0.3, -0.25) is 19.2 Å². The van der Waals surface area contributed by atoms with Gasteiger partial charge in [0.05, 0.1) is 5.92 Å². The van der Waals surface area contributed by atoms with Gasteiger partial charge in [-0.25, -0.2) is 0 Å². The highest BCUT2D eigenvalue weighted by Crippen LogP contribution is 2.27. The van der Waals surface area contributed by atoms with Crippen LogP contribution >= 0.6 is 0 Å². The molecule has 194 valence electrons. The first-order valence-corrected chi connectivity index (χ1v) is 12.6. The molecule has 1 unspecified atom stereocenters. The number of aromatic nitrogens is 1. The van der Waals surface area contributed by atoms with Crippen molar-refractivity contribution in [2.24, 2.45) is 11.7 Å². The molecule has 1 aromatic heterocycles. The normalized spacial score (nSPS) is 17.9. The molecule has 1 heterocycles. The molecule has 2 aromatic rings. The number of carbonyl (C=O) groups excluding carboxylic acids is 4. The number of nitrogens with zero attached hydrogens (tertiary/aromatic N) is 1. The van der Waals surface area contributed by atoms with E-state index >= 15 is 0 Å². The van der Waals surface area contributed by atoms with Crippen LogP contribution in [0.1, 0.15) is 65.4 Å². The van der Waals surface area contributed by atoms with Gasteiger partial charge in [0.1, 0.15) is 11.7 Å². The van der Waals surface area contributed by atoms with E-state index in [9.17, 15) is 19.2 Å². The zero-order valence-electron chi connectivity index (χ0n) is 21.0. The summed E-state index contributed by atoms with van der Waals surface area (Å²) in [6.45, 7) is 4.54. The maximum absolute atomic E-state index is 13.2. The Labute approximate surface area is 211 Å². The number of Topliss-reactive ketones (excluding diaryl/α,β-unsaturated/α-hetero) is 1. The molecule has 36 heavy (non-hydrogen) atoms. The predicted octanol–water partition coefficient (Wildman–Crippen LogP) is 2.36. The standard InChI is InChI=1S/C27H36N4O5/c1-3-31-16-18(2)15-23(31)26(34)30-22(13-8-14-28)25(33)29-21-12-7-11-20(21)27(35)36-17-24(32)19-9-5-4-6-10-19/h4-6,9-10,15-16,20-22H,3,7-8,11-14,17,28H2,1-2H3,(H,29,33)(H,30,34)/t20-,21?,22+/m1/s1. The molecule has 0 saturated heterocycles. The molecule has 9 nitrogen and oxygen atoms in total. The Bertz CT molecular complexity index is 1070. The van der Waals surface area contributed by atoms with Gasteiger partial charge in [-0.2, -0.15) is 0 Å². The fourth-order valence-electron chi connectivity index (χ4n) is 4.58. The van der Waals surface area contributed by atoms with Crippen LogP contribution in [0.4, 0.5) is 0 Å². The number of esters is 1. The molecule has 0 spiro atoms. The van der Waals surface area contributed by atoms with Gasteiger partial charge in [-0.05, 0) is 57.7 Å². The minimum Gasteiger partial charge on any atom is -0.457 e. The Balaban J connectivity index is 1.60. The number of ether oxygens (including phenoxy) is 1. The van der Waals surface area contributed by atoms with Crippen LogP contribution in [0.25, 0.3) is 0 Å². The van der Waals surface area contributed by atoms with E-state index in [2.05, 4.69) is 10.6 Å². The summed E-state index contributed by atoms with van der Waals surface area (Å²) in [7, 11) is 0. The van der Waals surface area contributed by atoms with Crippen molar-refractivity contribution in [3.05, 3.63) is 59.4 Å². The number of benzene rings is 1. The number of ketones is 1. The van der Waals surface area contributed by atoms with Gasteiger partial charge in [0.15, 0.2) is 12.4 Å². The quantitative estimate of drug-likeness (QED) is 0.305. The number of nitrogens with one attached hydrogen (secondary N) is 2. The maximum atomic E-state index is 13.2. The van der Waals surface area contributed by atoms with Gasteiger partial charge < -0.3 is 25.7 Å². The fraction of sp³-hybridized carbons (Fsp3) is 0.481. The fourth-order valence-corrected chi connectivity index (χ4v) is 4.58. The van der Waals surface area contributed by atoms with Crippen LogP contribution in [0.15, 0.2) is 42.6 Å². The van der Waals surface area contributed by atoms with E-state index in [-0.39, 0.29) is 24.2 Å². The highest BCUT2D eigenvalue weighted by Gasteiger charge is 2.37. The second kappa shape index (κ2) is 13.0. The van der Waals surface area contributed by atoms with E-state index in [0.29, 0.717) is 50.0 Å². The van der Waals surface area contributed by atoms with Crippen molar-refractivity contribution in [2.75, 3.05) is 13.2 Å². The summed E-state index contributed by atoms with van der Waals surface area (Å²) >= 11 is 0. The van der Waals surface area contributed by atoms with Gasteiger partial charge in [0, 0.05) is 24.3 Å². The summed E-state index contributed by atoms with van der Waals surface area (Å²) in [5, 5.41) is 5.79. The molecule has 0 radical (unpaired) electrons. The molecule has 4 N–H and O–H groups in total. The maximum Gasteiger partial charge on any atom is 0.311 e. The largest absolute Gasteiger partial charge is 0.457 e. The zero-order valence-corrected chi connectivity index (χ0v) is 21.0. The molecule has 9 heteroatoms. The van der Waals surface area contributed by atoms with Crippen LogP contribution in [0, 0.1) is 12.8 Å². The predicted molar refractivity (Wildman–Crippen MR) is 135 cm³/mol. The lowest BCUT2D eigenvalue weighted by molar-refractivity contribution is -0.148. The Kier molecular flexibility index (Phi) is 9.81. The average Bonchev–Trinajstić information content (AvgIpc) is 3.51. The smallest absolute Gasteiger partial charge is 0.311 e. The number of hydrogen-bond donors (Lipinski definition) is 3. The number of aryl methyl sites for hydroxylation is 2. The van der Waals surface area contributed by atoms with Crippen LogP contribution in [-0.2, 0) is 20.9 Å². The van der Waals surface area contributed by atoms with Gasteiger partial charge in [0.25, 0.3) is 5.91 Å². The minimum atomic E-state index is -0.779. The van der Waals surface area contributed by atoms with Crippen LogP contribution in [0.2, 0.25) is 0 Å². The third-order valence-electron chi connectivity index (χ3n) is 6.51. The molecule has 3 rings (SSSR count). The van der Waals surface area contributed by atoms with Crippen LogP contribution in [0.5, 0.6) is 0 Å². The number of carbonyl (C=O) groups is 4. The van der Waals surface area contributed by atoms with E-state index in [4.69, 9.17) is 10.5 Å². The van der Waals surface area contributed by atoms with Gasteiger partial charge in [-0.1, -0.05) is 36.8 Å². The molecule has 0 bridgehead atoms. The molecule has 1 aliphatic carbocycles. The minimum absolute atomic E-state index is 0.279. The van der Waals surface area contributed by atoms with E-state index in [1.165, 1.54) is 0 Å². The molecule has 2 amide bonds. The molecular formula is C27H36N4O5. The van der Waals surface area contributed by atoms with Crippen molar-refractivity contribution >= 4 is 23.6 Å². The first-order chi connectivity index (χ1) is 17.3. The van der Waals surface area contributed by atoms with Crippen molar-refractivity contribution in [3.63, 3.8) is 0 Å². The summed E-state index contributed by atoms with van der Waals surface area (Å²) in [5.41, 5.74) is 7.58. The van der Waals surface area contributed by atoms with Crippen molar-refractivity contribution in [1.82, 2.24) is 15.2 Å². The first kappa shape index (κ1) is 27.1. The molecule has 1 aromatic carbocycles. The SMILES string of the molecule is CCn1cc(C)cc1C(=O)N[C@@H](CCCN)C(=O)NC1CCC[C@H]1C(=O)OCC(=O)c1ccccc1. The third kappa shape index (κ3) is 7.04. The van der Waals surface area contributed by atoms with Crippen molar-refractivity contribution in [1.29, 1.82) is 0 Å². The number of hydrogen-bond acceptors (Lipinski definition) is 6. The van der Waals surface area contributed by atoms with Crippen LogP contribution < -0.4 is 16.4 Å². The van der Waals surface area contributed by atoms with Crippen molar-refractivity contribution < 1.29 is 23.9 Å². The Morgan fingerprint density at radius 2 is 1.92 bits per heavy atom. The Hall–Kier alpha value is -3.46. The van der Waals surface area contributed by atoms with Crippen LogP contribution in [0.3, 0.4) is 0 Å². The van der Waals surface area contributed by atoms with Crippen LogP contribution in [-0.4, -0.2) is 53.4 Å². The number of rotatable bonds is 12. The lowest BCUT2D eigenvalue weighted by Gasteiger charge is -2.24. The molecule has 1 aliphatic rings. The van der Waals surface area contributed by atoms with Gasteiger partial charge in [0.2, 0.25) is 5.91 Å². The lowest BCUT2D eigenvalue weighted by atomic mass is 10.0. The van der Waals surface area contributed by atoms with E-state index in [1.807, 2.05) is 24.6 Å². The summed E-state index contributed by atoms with van der Waals surface area (Å²) in [6.07, 6.45) is 4.76. The monoisotopic (exact) mass is 496 g/mol. The lowest BCUT2D eigenvalue weighted by Crippen LogP contribution is -2.51. The molecule has 0 aliphatic heterocycles. The number of amides is 2. The van der Waals surface area contributed by atoms with Crippen molar-refractivity contribution in [2.45, 2.75) is 64.6 Å². The van der Waals surface area contributed by atoms with E-state index in [0.717, 1.165) is 12.0 Å². The highest BCUT2D eigenvalue weighted by atomic mass is 16.5. The highest BCUT2D eigenvalue weighted by molar-refractivity contribution is 5.98. The van der Waals surface area contributed by atoms with Crippen molar-refractivity contribution in [3.8, 4) is 0 Å². The number of nitrogens with two attached hydrogens (primary N) is 1. The Morgan fingerprint density at radius 1 is 1.17 bits per heavy atom. The summed E-state index contributed by atoms with van der Waals surface area (Å²) < 4.78 is 7.14. The topological polar surface area (TPSA) is 133 Å². The zero-order chi connectivity index (χ0) is 26.1. The second-order valence-electron chi connectivity index (χ2n) is 9.20. The van der Waals surface area contributed by atoms with E-state index in [1.54, 1.807) is 36.4 Å². The molecule has 1 saturated carbocycles. The second-order valence-corrected chi connectivity index (χ2v) is 9.20. The summed E-state index contributed by atoms with van der Waals surface area (Å²) in [4.78, 5) is 51.1. The molecular weight excluding hydrogens is 460 g/mol. The summed E-state index contributed by atoms with van der Waals surface area (Å²) in [5.74, 6) is -2.00. The average molecular weight is 497 g/mol.